The van der Waals surface area contributed by atoms with E-state index in [-0.39, 0.29) is 11.5 Å². The number of fused-ring (bicyclic) bond motifs is 6. The Bertz CT molecular complexity index is 625. The van der Waals surface area contributed by atoms with Crippen LogP contribution in [0.2, 0.25) is 0 Å². The first-order chi connectivity index (χ1) is 11.0. The van der Waals surface area contributed by atoms with Crippen LogP contribution in [0.1, 0.15) is 63.6 Å². The van der Waals surface area contributed by atoms with Crippen LogP contribution in [0.15, 0.2) is 6.20 Å². The highest BCUT2D eigenvalue weighted by Gasteiger charge is 2.60. The number of aliphatic hydroxyl groups excluding tert-OH is 1. The number of aromatic amines is 1. The second-order valence-electron chi connectivity index (χ2n) is 9.55. The molecule has 0 unspecified atom stereocenters. The number of rotatable bonds is 0. The Kier molecular flexibility index (Phi) is 2.92. The van der Waals surface area contributed by atoms with Crippen LogP contribution in [0.5, 0.6) is 0 Å². The number of hydrogen-bond donors (Lipinski definition) is 2. The van der Waals surface area contributed by atoms with E-state index < -0.39 is 0 Å². The Labute approximate surface area is 139 Å². The van der Waals surface area contributed by atoms with Crippen molar-refractivity contribution in [2.75, 3.05) is 0 Å². The molecule has 3 nitrogen and oxygen atoms in total. The molecule has 3 fully saturated rings. The molecule has 126 valence electrons. The largest absolute Gasteiger partial charge is 0.393 e. The molecule has 3 saturated carbocycles. The maximum Gasteiger partial charge on any atom is 0.0596 e. The Morgan fingerprint density at radius 1 is 1.09 bits per heavy atom. The van der Waals surface area contributed by atoms with Gasteiger partial charge >= 0.3 is 0 Å². The summed E-state index contributed by atoms with van der Waals surface area (Å²) in [7, 11) is 0. The molecule has 4 aliphatic carbocycles. The highest BCUT2D eigenvalue weighted by Crippen LogP contribution is 2.65. The fourth-order valence-electron chi connectivity index (χ4n) is 7.44. The standard InChI is InChI=1S/C20H30N2O/c1-19-8-7-16-14(15(19)5-6-18(19)23)4-3-13-9-17-12(11-21-22-17)10-20(13,16)2/h11,13-16,18,23H,3-10H2,1-2H3,(H,21,22)/t13-,14-,15+,16-,18+,19+,20+/m1/s1. The Morgan fingerprint density at radius 2 is 1.91 bits per heavy atom. The van der Waals surface area contributed by atoms with E-state index in [0.29, 0.717) is 5.41 Å². The van der Waals surface area contributed by atoms with Crippen molar-refractivity contribution in [3.63, 3.8) is 0 Å². The molecule has 0 aliphatic heterocycles. The summed E-state index contributed by atoms with van der Waals surface area (Å²) < 4.78 is 0. The molecule has 5 rings (SSSR count). The van der Waals surface area contributed by atoms with Crippen LogP contribution in [0, 0.1) is 34.5 Å². The van der Waals surface area contributed by atoms with Gasteiger partial charge in [-0.3, -0.25) is 5.10 Å². The first kappa shape index (κ1) is 14.5. The third kappa shape index (κ3) is 1.78. The van der Waals surface area contributed by atoms with Gasteiger partial charge in [0.05, 0.1) is 12.3 Å². The maximum absolute atomic E-state index is 10.6. The topological polar surface area (TPSA) is 48.9 Å². The van der Waals surface area contributed by atoms with Gasteiger partial charge in [0.1, 0.15) is 0 Å². The van der Waals surface area contributed by atoms with Crippen molar-refractivity contribution >= 4 is 0 Å². The molecule has 2 N–H and O–H groups in total. The summed E-state index contributed by atoms with van der Waals surface area (Å²) in [6.07, 6.45) is 12.1. The van der Waals surface area contributed by atoms with Gasteiger partial charge in [-0.1, -0.05) is 13.8 Å². The number of aliphatic hydroxyl groups is 1. The van der Waals surface area contributed by atoms with E-state index in [1.807, 2.05) is 0 Å². The van der Waals surface area contributed by atoms with Gasteiger partial charge in [0.2, 0.25) is 0 Å². The maximum atomic E-state index is 10.6. The molecule has 0 radical (unpaired) electrons. The lowest BCUT2D eigenvalue weighted by molar-refractivity contribution is -0.111. The molecular formula is C20H30N2O. The van der Waals surface area contributed by atoms with Crippen LogP contribution in [-0.2, 0) is 12.8 Å². The number of nitrogens with one attached hydrogen (secondary N) is 1. The molecule has 1 aromatic heterocycles. The van der Waals surface area contributed by atoms with Crippen LogP contribution < -0.4 is 0 Å². The van der Waals surface area contributed by atoms with E-state index in [1.54, 1.807) is 0 Å². The van der Waals surface area contributed by atoms with Gasteiger partial charge in [0.25, 0.3) is 0 Å². The van der Waals surface area contributed by atoms with Gasteiger partial charge in [-0.05, 0) is 91.4 Å². The predicted molar refractivity (Wildman–Crippen MR) is 89.9 cm³/mol. The molecule has 1 aromatic rings. The minimum atomic E-state index is -0.0502. The minimum Gasteiger partial charge on any atom is -0.393 e. The highest BCUT2D eigenvalue weighted by atomic mass is 16.3. The Morgan fingerprint density at radius 3 is 2.78 bits per heavy atom. The summed E-state index contributed by atoms with van der Waals surface area (Å²) in [4.78, 5) is 0. The fourth-order valence-corrected chi connectivity index (χ4v) is 7.44. The van der Waals surface area contributed by atoms with Crippen molar-refractivity contribution in [2.45, 2.75) is 71.3 Å². The summed E-state index contributed by atoms with van der Waals surface area (Å²) in [5, 5.41) is 18.1. The lowest BCUT2D eigenvalue weighted by Gasteiger charge is -2.60. The van der Waals surface area contributed by atoms with E-state index in [0.717, 1.165) is 30.1 Å². The van der Waals surface area contributed by atoms with Gasteiger partial charge in [0.15, 0.2) is 0 Å². The fraction of sp³-hybridized carbons (Fsp3) is 0.850. The molecule has 7 atom stereocenters. The quantitative estimate of drug-likeness (QED) is 0.766. The number of H-pyrrole nitrogens is 1. The first-order valence-corrected chi connectivity index (χ1v) is 9.71. The van der Waals surface area contributed by atoms with Gasteiger partial charge in [-0.25, -0.2) is 0 Å². The normalized spacial score (nSPS) is 51.5. The number of hydrogen-bond acceptors (Lipinski definition) is 2. The third-order valence-electron chi connectivity index (χ3n) is 8.84. The zero-order valence-corrected chi connectivity index (χ0v) is 14.5. The van der Waals surface area contributed by atoms with Gasteiger partial charge < -0.3 is 5.11 Å². The SMILES string of the molecule is C[C@]12Cc3cn[nH]c3C[C@H]1CC[C@H]1[C@H]2CC[C@]2(C)[C@@H](O)CC[C@@H]12. The summed E-state index contributed by atoms with van der Waals surface area (Å²) in [5.74, 6) is 3.29. The second-order valence-corrected chi connectivity index (χ2v) is 9.55. The molecule has 0 saturated heterocycles. The molecule has 3 heteroatoms. The summed E-state index contributed by atoms with van der Waals surface area (Å²) >= 11 is 0. The molecular weight excluding hydrogens is 284 g/mol. The van der Waals surface area contributed by atoms with Gasteiger partial charge in [0, 0.05) is 5.69 Å². The van der Waals surface area contributed by atoms with Crippen molar-refractivity contribution in [3.8, 4) is 0 Å². The third-order valence-corrected chi connectivity index (χ3v) is 8.84. The summed E-state index contributed by atoms with van der Waals surface area (Å²) in [6.45, 7) is 4.97. The Balaban J connectivity index is 1.50. The summed E-state index contributed by atoms with van der Waals surface area (Å²) in [6, 6.07) is 0. The molecule has 0 bridgehead atoms. The smallest absolute Gasteiger partial charge is 0.0596 e. The van der Waals surface area contributed by atoms with Crippen LogP contribution in [-0.4, -0.2) is 21.4 Å². The van der Waals surface area contributed by atoms with E-state index in [9.17, 15) is 5.11 Å². The predicted octanol–water partition coefficient (Wildman–Crippen LogP) is 3.73. The van der Waals surface area contributed by atoms with Crippen molar-refractivity contribution in [1.82, 2.24) is 10.2 Å². The van der Waals surface area contributed by atoms with Crippen molar-refractivity contribution in [3.05, 3.63) is 17.5 Å². The molecule has 1 heterocycles. The molecule has 23 heavy (non-hydrogen) atoms. The second kappa shape index (κ2) is 4.62. The molecule has 0 spiro atoms. The lowest BCUT2D eigenvalue weighted by Crippen LogP contribution is -2.54. The lowest BCUT2D eigenvalue weighted by atomic mass is 9.45. The van der Waals surface area contributed by atoms with E-state index in [1.165, 1.54) is 56.2 Å². The average molecular weight is 314 g/mol. The van der Waals surface area contributed by atoms with E-state index in [2.05, 4.69) is 30.2 Å². The molecule has 4 aliphatic rings. The van der Waals surface area contributed by atoms with Crippen molar-refractivity contribution in [2.24, 2.45) is 34.5 Å². The zero-order chi connectivity index (χ0) is 15.8. The Hall–Kier alpha value is -0.830. The zero-order valence-electron chi connectivity index (χ0n) is 14.5. The monoisotopic (exact) mass is 314 g/mol. The van der Waals surface area contributed by atoms with Crippen LogP contribution >= 0.6 is 0 Å². The van der Waals surface area contributed by atoms with Gasteiger partial charge in [-0.15, -0.1) is 0 Å². The van der Waals surface area contributed by atoms with Crippen molar-refractivity contribution < 1.29 is 5.11 Å². The highest BCUT2D eigenvalue weighted by molar-refractivity contribution is 5.25. The van der Waals surface area contributed by atoms with Crippen LogP contribution in [0.4, 0.5) is 0 Å². The van der Waals surface area contributed by atoms with E-state index >= 15 is 0 Å². The minimum absolute atomic E-state index is 0.0502. The first-order valence-electron chi connectivity index (χ1n) is 9.71. The molecule has 0 aromatic carbocycles. The molecule has 0 amide bonds. The van der Waals surface area contributed by atoms with E-state index in [4.69, 9.17) is 0 Å². The average Bonchev–Trinajstić information content (AvgIpc) is 3.08. The number of aromatic nitrogens is 2. The van der Waals surface area contributed by atoms with Crippen LogP contribution in [0.25, 0.3) is 0 Å². The van der Waals surface area contributed by atoms with Crippen molar-refractivity contribution in [1.29, 1.82) is 0 Å². The van der Waals surface area contributed by atoms with Gasteiger partial charge in [-0.2, -0.15) is 5.10 Å². The van der Waals surface area contributed by atoms with Crippen LogP contribution in [0.3, 0.4) is 0 Å². The summed E-state index contributed by atoms with van der Waals surface area (Å²) in [5.41, 5.74) is 3.54. The number of nitrogens with zero attached hydrogens (tertiary/aromatic N) is 1.